The fourth-order valence-electron chi connectivity index (χ4n) is 3.26. The van der Waals surface area contributed by atoms with E-state index in [-0.39, 0.29) is 12.2 Å². The third kappa shape index (κ3) is 5.38. The van der Waals surface area contributed by atoms with E-state index in [2.05, 4.69) is 4.98 Å². The van der Waals surface area contributed by atoms with Crippen molar-refractivity contribution in [1.29, 1.82) is 5.26 Å². The molecular formula is C23H19F4N5O3. The van der Waals surface area contributed by atoms with E-state index < -0.39 is 47.6 Å². The van der Waals surface area contributed by atoms with Crippen molar-refractivity contribution in [1.82, 2.24) is 15.4 Å². The van der Waals surface area contributed by atoms with Gasteiger partial charge in [0, 0.05) is 11.6 Å². The molecule has 2 aromatic carbocycles. The van der Waals surface area contributed by atoms with Crippen LogP contribution in [0.5, 0.6) is 11.5 Å². The van der Waals surface area contributed by atoms with Crippen molar-refractivity contribution in [2.24, 2.45) is 5.73 Å². The Hall–Kier alpha value is -4.05. The molecule has 4 N–H and O–H groups in total. The highest BCUT2D eigenvalue weighted by Gasteiger charge is 2.58. The molecule has 12 heteroatoms. The van der Waals surface area contributed by atoms with Crippen LogP contribution < -0.4 is 15.9 Å². The van der Waals surface area contributed by atoms with Crippen molar-refractivity contribution < 1.29 is 32.2 Å². The maximum Gasteiger partial charge on any atom is 0.323 e. The normalized spacial score (nSPS) is 13.1. The van der Waals surface area contributed by atoms with E-state index in [9.17, 15) is 18.7 Å². The lowest BCUT2D eigenvalue weighted by molar-refractivity contribution is -0.210. The van der Waals surface area contributed by atoms with Gasteiger partial charge in [-0.25, -0.2) is 13.8 Å². The molecule has 1 amide bonds. The Morgan fingerprint density at radius 2 is 1.83 bits per heavy atom. The molecule has 0 bridgehead atoms. The van der Waals surface area contributed by atoms with E-state index >= 15 is 8.78 Å². The summed E-state index contributed by atoms with van der Waals surface area (Å²) in [6.07, 6.45) is 1.10. The number of ether oxygens (including phenoxy) is 1. The molecule has 182 valence electrons. The number of nitriles is 1. The number of aromatic nitrogens is 1. The van der Waals surface area contributed by atoms with Gasteiger partial charge in [-0.15, -0.1) is 0 Å². The van der Waals surface area contributed by atoms with Gasteiger partial charge in [0.25, 0.3) is 0 Å². The molecule has 8 nitrogen and oxygen atoms in total. The molecule has 0 saturated heterocycles. The number of nitrogens with zero attached hydrogens (tertiary/aromatic N) is 3. The van der Waals surface area contributed by atoms with Crippen LogP contribution in [-0.2, 0) is 16.3 Å². The van der Waals surface area contributed by atoms with Gasteiger partial charge in [0.1, 0.15) is 28.8 Å². The number of nitrogens with one attached hydrogen (secondary N) is 1. The minimum Gasteiger partial charge on any atom is -0.456 e. The van der Waals surface area contributed by atoms with Crippen molar-refractivity contribution in [2.45, 2.75) is 11.5 Å². The number of rotatable bonds is 10. The van der Waals surface area contributed by atoms with Gasteiger partial charge >= 0.3 is 5.92 Å². The highest BCUT2D eigenvalue weighted by Crippen LogP contribution is 2.46. The number of carbonyl (C=O) groups excluding carboxylic acids is 1. The predicted molar refractivity (Wildman–Crippen MR) is 115 cm³/mol. The van der Waals surface area contributed by atoms with E-state index in [0.29, 0.717) is 29.5 Å². The van der Waals surface area contributed by atoms with E-state index in [0.717, 1.165) is 23.3 Å². The lowest BCUT2D eigenvalue weighted by Gasteiger charge is -2.39. The van der Waals surface area contributed by atoms with Crippen molar-refractivity contribution in [3.8, 4) is 17.6 Å². The zero-order valence-corrected chi connectivity index (χ0v) is 18.0. The lowest BCUT2D eigenvalue weighted by atomic mass is 9.84. The molecule has 3 aromatic rings. The Morgan fingerprint density at radius 1 is 1.14 bits per heavy atom. The number of hydrazine groups is 1. The van der Waals surface area contributed by atoms with Crippen LogP contribution in [0.4, 0.5) is 17.6 Å². The van der Waals surface area contributed by atoms with Crippen molar-refractivity contribution in [2.75, 3.05) is 13.2 Å². The zero-order chi connectivity index (χ0) is 25.6. The van der Waals surface area contributed by atoms with E-state index in [4.69, 9.17) is 15.7 Å². The Bertz CT molecular complexity index is 1220. The number of amides is 1. The summed E-state index contributed by atoms with van der Waals surface area (Å²) in [6, 6.07) is 11.7. The smallest absolute Gasteiger partial charge is 0.323 e. The number of benzene rings is 2. The number of alkyl halides is 2. The van der Waals surface area contributed by atoms with Crippen LogP contribution in [0.15, 0.2) is 60.8 Å². The Morgan fingerprint density at radius 3 is 2.37 bits per heavy atom. The number of hydrogen-bond acceptors (Lipinski definition) is 7. The zero-order valence-electron chi connectivity index (χ0n) is 18.0. The summed E-state index contributed by atoms with van der Waals surface area (Å²) in [5.41, 5.74) is 2.65. The molecule has 1 aromatic heterocycles. The summed E-state index contributed by atoms with van der Waals surface area (Å²) >= 11 is 0. The number of aliphatic hydroxyl groups is 1. The average molecular weight is 489 g/mol. The fourth-order valence-corrected chi connectivity index (χ4v) is 3.26. The number of pyridine rings is 1. The molecule has 1 unspecified atom stereocenters. The SMILES string of the molecule is N#Cc1ccc(Oc2ccc(C(F)(F)C(O)(CN(CN)NC=O)c3ccc(F)cc3F)nc2)cc1. The molecule has 0 saturated carbocycles. The molecule has 0 aliphatic carbocycles. The molecule has 3 rings (SSSR count). The molecule has 0 spiro atoms. The first-order valence-corrected chi connectivity index (χ1v) is 9.99. The van der Waals surface area contributed by atoms with Crippen molar-refractivity contribution in [3.05, 3.63) is 89.2 Å². The van der Waals surface area contributed by atoms with Crippen LogP contribution in [0.3, 0.4) is 0 Å². The van der Waals surface area contributed by atoms with Gasteiger partial charge in [0.15, 0.2) is 5.60 Å². The number of carbonyl (C=O) groups is 1. The molecule has 0 fully saturated rings. The largest absolute Gasteiger partial charge is 0.456 e. The van der Waals surface area contributed by atoms with E-state index in [1.165, 1.54) is 24.3 Å². The van der Waals surface area contributed by atoms with Crippen LogP contribution >= 0.6 is 0 Å². The molecule has 1 heterocycles. The van der Waals surface area contributed by atoms with Gasteiger partial charge < -0.3 is 15.6 Å². The van der Waals surface area contributed by atoms with E-state index in [1.54, 1.807) is 0 Å². The van der Waals surface area contributed by atoms with Crippen LogP contribution in [0, 0.1) is 23.0 Å². The Balaban J connectivity index is 1.98. The number of halogens is 4. The molecule has 0 aliphatic rings. The standard InChI is InChI=1S/C23H19F4N5O3/c24-16-3-7-19(20(25)9-16)22(34,12-32(13-29)31-14-33)23(26,27)21-8-6-18(11-30-21)35-17-4-1-15(10-28)2-5-17/h1-9,11,14,34H,12-13,29H2,(H,31,33). The van der Waals surface area contributed by atoms with Crippen LogP contribution in [0.2, 0.25) is 0 Å². The summed E-state index contributed by atoms with van der Waals surface area (Å²) in [4.78, 5) is 14.5. The van der Waals surface area contributed by atoms with Gasteiger partial charge in [-0.05, 0) is 42.5 Å². The third-order valence-corrected chi connectivity index (χ3v) is 5.05. The second-order valence-electron chi connectivity index (χ2n) is 7.30. The van der Waals surface area contributed by atoms with Gasteiger partial charge in [-0.1, -0.05) is 6.07 Å². The number of nitrogens with two attached hydrogens (primary N) is 1. The summed E-state index contributed by atoms with van der Waals surface area (Å²) in [6.45, 7) is -1.58. The van der Waals surface area contributed by atoms with Gasteiger partial charge in [0.05, 0.1) is 31.0 Å². The second kappa shape index (κ2) is 10.5. The molecule has 0 aliphatic heterocycles. The molecule has 35 heavy (non-hydrogen) atoms. The topological polar surface area (TPSA) is 125 Å². The Kier molecular flexibility index (Phi) is 7.65. The third-order valence-electron chi connectivity index (χ3n) is 5.05. The van der Waals surface area contributed by atoms with Crippen LogP contribution in [0.25, 0.3) is 0 Å². The Labute approximate surface area is 197 Å². The maximum absolute atomic E-state index is 15.7. The first-order valence-electron chi connectivity index (χ1n) is 9.99. The summed E-state index contributed by atoms with van der Waals surface area (Å²) in [5, 5.41) is 20.7. The monoisotopic (exact) mass is 489 g/mol. The first kappa shape index (κ1) is 25.6. The van der Waals surface area contributed by atoms with Gasteiger partial charge in [-0.3, -0.25) is 15.2 Å². The second-order valence-corrected chi connectivity index (χ2v) is 7.30. The van der Waals surface area contributed by atoms with Crippen molar-refractivity contribution in [3.63, 3.8) is 0 Å². The lowest BCUT2D eigenvalue weighted by Crippen LogP contribution is -2.56. The predicted octanol–water partition coefficient (Wildman–Crippen LogP) is 2.88. The first-order chi connectivity index (χ1) is 16.6. The van der Waals surface area contributed by atoms with E-state index in [1.807, 2.05) is 11.5 Å². The highest BCUT2D eigenvalue weighted by atomic mass is 19.3. The highest BCUT2D eigenvalue weighted by molar-refractivity contribution is 5.45. The molecule has 1 atom stereocenters. The number of hydrogen-bond donors (Lipinski definition) is 3. The summed E-state index contributed by atoms with van der Waals surface area (Å²) in [5.74, 6) is -6.35. The van der Waals surface area contributed by atoms with Gasteiger partial charge in [-0.2, -0.15) is 14.0 Å². The molecular weight excluding hydrogens is 470 g/mol. The molecule has 0 radical (unpaired) electrons. The summed E-state index contributed by atoms with van der Waals surface area (Å²) < 4.78 is 64.9. The fraction of sp³-hybridized carbons (Fsp3) is 0.174. The maximum atomic E-state index is 15.7. The minimum atomic E-state index is -4.25. The minimum absolute atomic E-state index is 0.0666. The van der Waals surface area contributed by atoms with Crippen molar-refractivity contribution >= 4 is 6.41 Å². The van der Waals surface area contributed by atoms with Crippen LogP contribution in [0.1, 0.15) is 16.8 Å². The van der Waals surface area contributed by atoms with Gasteiger partial charge in [0.2, 0.25) is 6.41 Å². The summed E-state index contributed by atoms with van der Waals surface area (Å²) in [7, 11) is 0. The average Bonchev–Trinajstić information content (AvgIpc) is 2.84. The van der Waals surface area contributed by atoms with Crippen LogP contribution in [-0.4, -0.2) is 34.7 Å². The quantitative estimate of drug-likeness (QED) is 0.173.